The summed E-state index contributed by atoms with van der Waals surface area (Å²) in [5.41, 5.74) is 4.64. The third kappa shape index (κ3) is 3.41. The first kappa shape index (κ1) is 22.3. The van der Waals surface area contributed by atoms with Gasteiger partial charge in [-0.25, -0.2) is 4.79 Å². The van der Waals surface area contributed by atoms with Crippen molar-refractivity contribution in [1.82, 2.24) is 9.80 Å². The minimum atomic E-state index is -0.415. The Hall–Kier alpha value is -2.86. The van der Waals surface area contributed by atoms with Crippen LogP contribution in [0.5, 0.6) is 0 Å². The van der Waals surface area contributed by atoms with Crippen molar-refractivity contribution < 1.29 is 13.6 Å². The van der Waals surface area contributed by atoms with E-state index in [1.54, 1.807) is 12.3 Å². The van der Waals surface area contributed by atoms with Gasteiger partial charge in [-0.2, -0.15) is 0 Å². The number of aryl methyl sites for hydroxylation is 2. The van der Waals surface area contributed by atoms with E-state index < -0.39 is 5.63 Å². The molecule has 4 atom stereocenters. The molecule has 0 saturated carbocycles. The number of hydrogen-bond donors (Lipinski definition) is 0. The van der Waals surface area contributed by atoms with Gasteiger partial charge < -0.3 is 13.7 Å². The van der Waals surface area contributed by atoms with E-state index >= 15 is 0 Å². The molecule has 3 fully saturated rings. The van der Waals surface area contributed by atoms with Crippen molar-refractivity contribution in [2.45, 2.75) is 70.9 Å². The van der Waals surface area contributed by atoms with Gasteiger partial charge in [0.1, 0.15) is 11.2 Å². The molecule has 1 amide bonds. The first-order valence-corrected chi connectivity index (χ1v) is 13.7. The number of amides is 1. The molecule has 36 heavy (non-hydrogen) atoms. The van der Waals surface area contributed by atoms with E-state index in [1.165, 1.54) is 37.8 Å². The quantitative estimate of drug-likeness (QED) is 0.372. The Kier molecular flexibility index (Phi) is 5.18. The van der Waals surface area contributed by atoms with Crippen LogP contribution >= 0.6 is 0 Å². The summed E-state index contributed by atoms with van der Waals surface area (Å²) in [6, 6.07) is 4.70. The summed E-state index contributed by atoms with van der Waals surface area (Å²) >= 11 is 0. The maximum atomic E-state index is 13.8. The molecule has 0 radical (unpaired) electrons. The van der Waals surface area contributed by atoms with Gasteiger partial charge in [-0.05, 0) is 81.5 Å². The lowest BCUT2D eigenvalue weighted by atomic mass is 9.68. The van der Waals surface area contributed by atoms with Crippen LogP contribution in [0.3, 0.4) is 0 Å². The predicted octanol–water partition coefficient (Wildman–Crippen LogP) is 5.12. The molecule has 3 aliphatic heterocycles. The van der Waals surface area contributed by atoms with Crippen LogP contribution in [0.2, 0.25) is 0 Å². The second kappa shape index (κ2) is 8.34. The summed E-state index contributed by atoms with van der Waals surface area (Å²) in [7, 11) is 0. The van der Waals surface area contributed by atoms with Crippen molar-refractivity contribution in [1.29, 1.82) is 0 Å². The largest absolute Gasteiger partial charge is 0.464 e. The first-order valence-electron chi connectivity index (χ1n) is 13.7. The molecule has 0 spiro atoms. The van der Waals surface area contributed by atoms with Gasteiger partial charge in [0.05, 0.1) is 24.3 Å². The smallest absolute Gasteiger partial charge is 0.340 e. The first-order chi connectivity index (χ1) is 17.5. The van der Waals surface area contributed by atoms with Gasteiger partial charge >= 0.3 is 5.63 Å². The number of rotatable bonds is 2. The molecule has 188 valence electrons. The van der Waals surface area contributed by atoms with Crippen molar-refractivity contribution in [3.63, 3.8) is 0 Å². The van der Waals surface area contributed by atoms with E-state index in [2.05, 4.69) is 15.9 Å². The molecule has 6 heteroatoms. The van der Waals surface area contributed by atoms with Crippen molar-refractivity contribution in [3.05, 3.63) is 57.2 Å². The number of piperidine rings is 3. The Balaban J connectivity index is 1.21. The number of carbonyl (C=O) groups excluding carboxylic acids is 1. The Bertz CT molecular complexity index is 1460. The molecule has 4 unspecified atom stereocenters. The van der Waals surface area contributed by atoms with E-state index in [4.69, 9.17) is 8.83 Å². The summed E-state index contributed by atoms with van der Waals surface area (Å²) < 4.78 is 11.3. The van der Waals surface area contributed by atoms with Gasteiger partial charge in [-0.1, -0.05) is 18.1 Å². The number of benzene rings is 1. The summed E-state index contributed by atoms with van der Waals surface area (Å²) in [4.78, 5) is 31.7. The van der Waals surface area contributed by atoms with Gasteiger partial charge in [0, 0.05) is 36.0 Å². The number of nitrogens with zero attached hydrogens (tertiary/aromatic N) is 2. The highest BCUT2D eigenvalue weighted by Crippen LogP contribution is 2.45. The van der Waals surface area contributed by atoms with Gasteiger partial charge in [0.15, 0.2) is 0 Å². The van der Waals surface area contributed by atoms with E-state index in [-0.39, 0.29) is 18.4 Å². The van der Waals surface area contributed by atoms with Crippen LogP contribution in [-0.2, 0) is 11.2 Å². The lowest BCUT2D eigenvalue weighted by Crippen LogP contribution is -2.60. The zero-order valence-electron chi connectivity index (χ0n) is 21.2. The van der Waals surface area contributed by atoms with Gasteiger partial charge in [0.2, 0.25) is 5.91 Å². The average molecular weight is 487 g/mol. The highest BCUT2D eigenvalue weighted by atomic mass is 16.4. The fraction of sp³-hybridized carbons (Fsp3) is 0.533. The topological polar surface area (TPSA) is 66.9 Å². The number of hydrogen-bond acceptors (Lipinski definition) is 5. The van der Waals surface area contributed by atoms with Gasteiger partial charge in [-0.15, -0.1) is 0 Å². The Morgan fingerprint density at radius 1 is 1.08 bits per heavy atom. The summed E-state index contributed by atoms with van der Waals surface area (Å²) in [6.45, 7) is 7.02. The zero-order valence-corrected chi connectivity index (χ0v) is 21.2. The molecular weight excluding hydrogens is 452 g/mol. The number of furan rings is 1. The van der Waals surface area contributed by atoms with Gasteiger partial charge in [-0.3, -0.25) is 9.69 Å². The number of fused-ring (bicyclic) bond motifs is 8. The SMILES string of the molecule is Cc1coc2cc3oc(=O)c(CC(=O)N4CCCC5=CC6CC(CN7CCCCC67)C54)c(C)c3cc12. The highest BCUT2D eigenvalue weighted by Gasteiger charge is 2.46. The van der Waals surface area contributed by atoms with Crippen molar-refractivity contribution in [2.24, 2.45) is 11.8 Å². The molecule has 7 rings (SSSR count). The molecule has 1 aromatic carbocycles. The summed E-state index contributed by atoms with van der Waals surface area (Å²) in [5, 5.41) is 1.88. The maximum Gasteiger partial charge on any atom is 0.340 e. The molecule has 2 bridgehead atoms. The molecule has 2 aromatic heterocycles. The van der Waals surface area contributed by atoms with E-state index in [1.807, 2.05) is 19.9 Å². The van der Waals surface area contributed by atoms with Crippen LogP contribution in [0.25, 0.3) is 21.9 Å². The molecule has 1 aliphatic carbocycles. The van der Waals surface area contributed by atoms with Crippen molar-refractivity contribution in [3.8, 4) is 0 Å². The minimum absolute atomic E-state index is 0.0557. The molecule has 4 aliphatic rings. The normalized spacial score (nSPS) is 28.2. The lowest BCUT2D eigenvalue weighted by molar-refractivity contribution is -0.135. The molecular formula is C30H34N2O4. The van der Waals surface area contributed by atoms with E-state index in [0.29, 0.717) is 34.6 Å². The molecule has 0 N–H and O–H groups in total. The van der Waals surface area contributed by atoms with Crippen LogP contribution in [0.1, 0.15) is 55.2 Å². The highest BCUT2D eigenvalue weighted by molar-refractivity contribution is 5.96. The maximum absolute atomic E-state index is 13.8. The zero-order chi connectivity index (χ0) is 24.6. The Labute approximate surface area is 210 Å². The van der Waals surface area contributed by atoms with Crippen molar-refractivity contribution in [2.75, 3.05) is 19.6 Å². The fourth-order valence-electron chi connectivity index (χ4n) is 7.75. The minimum Gasteiger partial charge on any atom is -0.464 e. The second-order valence-electron chi connectivity index (χ2n) is 11.5. The third-order valence-electron chi connectivity index (χ3n) is 9.48. The van der Waals surface area contributed by atoms with Gasteiger partial charge in [0.25, 0.3) is 0 Å². The monoisotopic (exact) mass is 486 g/mol. The number of carbonyl (C=O) groups is 1. The summed E-state index contributed by atoms with van der Waals surface area (Å²) in [5.74, 6) is 1.20. The average Bonchev–Trinajstić information content (AvgIpc) is 3.24. The third-order valence-corrected chi connectivity index (χ3v) is 9.48. The van der Waals surface area contributed by atoms with Crippen molar-refractivity contribution >= 4 is 27.8 Å². The standard InChI is InChI=1S/C30H34N2O4/c1-17-16-35-26-14-27-23(12-22(17)26)18(2)24(30(34)36-27)13-28(33)32-9-5-6-19-10-20-11-21(29(19)32)15-31-8-4-3-7-25(20)31/h10,12,14,16,20-21,25,29H,3-9,11,13,15H2,1-2H3. The molecule has 3 saturated heterocycles. The lowest BCUT2D eigenvalue weighted by Gasteiger charge is -2.54. The van der Waals surface area contributed by atoms with Crippen LogP contribution in [0.4, 0.5) is 0 Å². The second-order valence-corrected chi connectivity index (χ2v) is 11.5. The van der Waals surface area contributed by atoms with Crippen LogP contribution in [0, 0.1) is 25.7 Å². The van der Waals surface area contributed by atoms with Crippen LogP contribution in [-0.4, -0.2) is 47.4 Å². The van der Waals surface area contributed by atoms with Crippen LogP contribution in [0.15, 0.2) is 43.7 Å². The van der Waals surface area contributed by atoms with E-state index in [9.17, 15) is 9.59 Å². The molecule has 6 nitrogen and oxygen atoms in total. The summed E-state index contributed by atoms with van der Waals surface area (Å²) in [6.07, 6.45) is 11.6. The van der Waals surface area contributed by atoms with Crippen LogP contribution < -0.4 is 5.63 Å². The Morgan fingerprint density at radius 2 is 1.97 bits per heavy atom. The fourth-order valence-corrected chi connectivity index (χ4v) is 7.75. The predicted molar refractivity (Wildman–Crippen MR) is 139 cm³/mol. The molecule has 3 aromatic rings. The van der Waals surface area contributed by atoms with E-state index in [0.717, 1.165) is 47.8 Å². The Morgan fingerprint density at radius 3 is 2.86 bits per heavy atom. The molecule has 5 heterocycles. The number of likely N-dealkylation sites (tertiary alicyclic amines) is 1.